The van der Waals surface area contributed by atoms with Crippen molar-refractivity contribution in [2.45, 2.75) is 26.3 Å². The van der Waals surface area contributed by atoms with Crippen LogP contribution in [0.5, 0.6) is 0 Å². The van der Waals surface area contributed by atoms with Crippen LogP contribution in [0.15, 0.2) is 18.6 Å². The first-order valence-corrected chi connectivity index (χ1v) is 6.36. The number of hydrogen-bond acceptors (Lipinski definition) is 5. The minimum Gasteiger partial charge on any atom is -0.346 e. The first kappa shape index (κ1) is 12.3. The third-order valence-corrected chi connectivity index (χ3v) is 3.22. The maximum absolute atomic E-state index is 8.58. The number of fused-ring (bicyclic) bond motifs is 1. The van der Waals surface area contributed by atoms with Crippen molar-refractivity contribution in [3.8, 4) is 17.5 Å². The Kier molecular flexibility index (Phi) is 3.13. The fourth-order valence-electron chi connectivity index (χ4n) is 2.16. The molecule has 0 spiro atoms. The summed E-state index contributed by atoms with van der Waals surface area (Å²) in [6.45, 7) is 2.65. The molecule has 0 aliphatic rings. The van der Waals surface area contributed by atoms with Crippen LogP contribution in [0.2, 0.25) is 0 Å². The van der Waals surface area contributed by atoms with Crippen LogP contribution >= 0.6 is 0 Å². The number of unbranched alkanes of at least 4 members (excludes halogenated alkanes) is 1. The van der Waals surface area contributed by atoms with Crippen LogP contribution in [-0.4, -0.2) is 29.9 Å². The van der Waals surface area contributed by atoms with E-state index in [1.807, 2.05) is 23.9 Å². The maximum Gasteiger partial charge on any atom is 0.141 e. The van der Waals surface area contributed by atoms with E-state index in [2.05, 4.69) is 31.3 Å². The molecule has 3 heterocycles. The number of aromatic amines is 1. The van der Waals surface area contributed by atoms with Crippen LogP contribution < -0.4 is 0 Å². The van der Waals surface area contributed by atoms with Crippen LogP contribution in [0.25, 0.3) is 22.4 Å². The largest absolute Gasteiger partial charge is 0.346 e. The topological polar surface area (TPSA) is 96.1 Å². The van der Waals surface area contributed by atoms with Crippen LogP contribution in [0.1, 0.15) is 18.5 Å². The fourth-order valence-corrected chi connectivity index (χ4v) is 2.16. The van der Waals surface area contributed by atoms with E-state index in [-0.39, 0.29) is 0 Å². The van der Waals surface area contributed by atoms with E-state index in [0.29, 0.717) is 13.0 Å². The second-order valence-electron chi connectivity index (χ2n) is 4.47. The monoisotopic (exact) mass is 267 g/mol. The maximum atomic E-state index is 8.58. The summed E-state index contributed by atoms with van der Waals surface area (Å²) in [5.74, 6) is 0. The number of hydrogen-bond donors (Lipinski definition) is 1. The summed E-state index contributed by atoms with van der Waals surface area (Å²) in [7, 11) is 0. The summed E-state index contributed by atoms with van der Waals surface area (Å²) >= 11 is 0. The van der Waals surface area contributed by atoms with Gasteiger partial charge in [0.2, 0.25) is 0 Å². The molecule has 0 bridgehead atoms. The van der Waals surface area contributed by atoms with Crippen LogP contribution in [0, 0.1) is 18.3 Å². The van der Waals surface area contributed by atoms with Crippen molar-refractivity contribution in [3.05, 3.63) is 24.3 Å². The van der Waals surface area contributed by atoms with Crippen LogP contribution in [-0.2, 0) is 6.54 Å². The molecule has 0 saturated carbocycles. The van der Waals surface area contributed by atoms with Gasteiger partial charge in [0, 0.05) is 24.5 Å². The highest BCUT2D eigenvalue weighted by Gasteiger charge is 2.15. The third-order valence-electron chi connectivity index (χ3n) is 3.22. The number of H-pyrrole nitrogens is 1. The number of rotatable bonds is 4. The summed E-state index contributed by atoms with van der Waals surface area (Å²) in [5.41, 5.74) is 3.27. The number of nitrogens with zero attached hydrogens (tertiary/aromatic N) is 6. The third kappa shape index (κ3) is 2.01. The van der Waals surface area contributed by atoms with Crippen molar-refractivity contribution in [3.63, 3.8) is 0 Å². The SMILES string of the molecule is Cc1c(-c2ncnc3[nH]ccc23)nnn1CCCC#N. The predicted octanol–water partition coefficient (Wildman–Crippen LogP) is 1.83. The van der Waals surface area contributed by atoms with Gasteiger partial charge in [-0.25, -0.2) is 14.6 Å². The van der Waals surface area contributed by atoms with Gasteiger partial charge in [-0.05, 0) is 19.4 Å². The van der Waals surface area contributed by atoms with Gasteiger partial charge in [0.25, 0.3) is 0 Å². The van der Waals surface area contributed by atoms with Crippen LogP contribution in [0.4, 0.5) is 0 Å². The Morgan fingerprint density at radius 1 is 1.35 bits per heavy atom. The Morgan fingerprint density at radius 2 is 2.25 bits per heavy atom. The van der Waals surface area contributed by atoms with Gasteiger partial charge in [-0.15, -0.1) is 5.10 Å². The van der Waals surface area contributed by atoms with Gasteiger partial charge in [-0.2, -0.15) is 5.26 Å². The van der Waals surface area contributed by atoms with Gasteiger partial charge < -0.3 is 4.98 Å². The van der Waals surface area contributed by atoms with Gasteiger partial charge in [0.05, 0.1) is 11.8 Å². The van der Waals surface area contributed by atoms with Crippen molar-refractivity contribution < 1.29 is 0 Å². The molecule has 0 atom stereocenters. The molecule has 0 aliphatic carbocycles. The van der Waals surface area contributed by atoms with Crippen molar-refractivity contribution in [1.29, 1.82) is 5.26 Å². The van der Waals surface area contributed by atoms with E-state index in [4.69, 9.17) is 5.26 Å². The molecule has 0 aromatic carbocycles. The zero-order chi connectivity index (χ0) is 13.9. The zero-order valence-electron chi connectivity index (χ0n) is 11.0. The van der Waals surface area contributed by atoms with E-state index in [1.165, 1.54) is 6.33 Å². The molecule has 3 aromatic rings. The zero-order valence-corrected chi connectivity index (χ0v) is 11.0. The van der Waals surface area contributed by atoms with Crippen molar-refractivity contribution in [2.24, 2.45) is 0 Å². The number of aryl methyl sites for hydroxylation is 1. The number of nitriles is 1. The van der Waals surface area contributed by atoms with Gasteiger partial charge >= 0.3 is 0 Å². The molecule has 0 aliphatic heterocycles. The lowest BCUT2D eigenvalue weighted by Gasteiger charge is -2.02. The molecule has 3 rings (SSSR count). The Labute approximate surface area is 115 Å². The quantitative estimate of drug-likeness (QED) is 0.727. The minimum atomic E-state index is 0.518. The normalized spacial score (nSPS) is 10.8. The summed E-state index contributed by atoms with van der Waals surface area (Å²) in [6.07, 6.45) is 4.63. The molecule has 0 unspecified atom stereocenters. The highest BCUT2D eigenvalue weighted by atomic mass is 15.4. The Balaban J connectivity index is 1.99. The highest BCUT2D eigenvalue weighted by Crippen LogP contribution is 2.25. The molecule has 0 fully saturated rings. The van der Waals surface area contributed by atoms with Gasteiger partial charge in [-0.1, -0.05) is 5.21 Å². The lowest BCUT2D eigenvalue weighted by atomic mass is 10.2. The molecular weight excluding hydrogens is 254 g/mol. The molecule has 7 nitrogen and oxygen atoms in total. The van der Waals surface area contributed by atoms with E-state index < -0.39 is 0 Å². The smallest absolute Gasteiger partial charge is 0.141 e. The van der Waals surface area contributed by atoms with E-state index in [0.717, 1.165) is 34.5 Å². The van der Waals surface area contributed by atoms with Gasteiger partial charge in [-0.3, -0.25) is 0 Å². The molecule has 0 amide bonds. The average molecular weight is 267 g/mol. The molecule has 1 N–H and O–H groups in total. The van der Waals surface area contributed by atoms with E-state index in [1.54, 1.807) is 0 Å². The lowest BCUT2D eigenvalue weighted by molar-refractivity contribution is 0.552. The molecule has 7 heteroatoms. The summed E-state index contributed by atoms with van der Waals surface area (Å²) in [5, 5.41) is 17.9. The summed E-state index contributed by atoms with van der Waals surface area (Å²) in [6, 6.07) is 4.06. The number of nitrogens with one attached hydrogen (secondary N) is 1. The molecule has 20 heavy (non-hydrogen) atoms. The molecule has 3 aromatic heterocycles. The lowest BCUT2D eigenvalue weighted by Crippen LogP contribution is -2.02. The van der Waals surface area contributed by atoms with E-state index in [9.17, 15) is 0 Å². The first-order valence-electron chi connectivity index (χ1n) is 6.36. The minimum absolute atomic E-state index is 0.518. The molecular formula is C13H13N7. The van der Waals surface area contributed by atoms with Crippen molar-refractivity contribution in [1.82, 2.24) is 29.9 Å². The summed E-state index contributed by atoms with van der Waals surface area (Å²) < 4.78 is 1.81. The predicted molar refractivity (Wildman–Crippen MR) is 72.5 cm³/mol. The Bertz CT molecular complexity index is 777. The molecule has 0 saturated heterocycles. The molecule has 0 radical (unpaired) electrons. The van der Waals surface area contributed by atoms with Crippen molar-refractivity contribution in [2.75, 3.05) is 0 Å². The standard InChI is InChI=1S/C13H13N7/c1-9-11(18-19-20(9)7-3-2-5-14)12-10-4-6-15-13(10)17-8-16-12/h4,6,8H,2-3,7H2,1H3,(H,15,16,17). The van der Waals surface area contributed by atoms with Gasteiger partial charge in [0.1, 0.15) is 23.4 Å². The van der Waals surface area contributed by atoms with E-state index >= 15 is 0 Å². The Morgan fingerprint density at radius 3 is 3.10 bits per heavy atom. The average Bonchev–Trinajstić information content (AvgIpc) is 3.06. The summed E-state index contributed by atoms with van der Waals surface area (Å²) in [4.78, 5) is 11.5. The Hall–Kier alpha value is -2.75. The van der Waals surface area contributed by atoms with Crippen LogP contribution in [0.3, 0.4) is 0 Å². The molecule has 100 valence electrons. The second-order valence-corrected chi connectivity index (χ2v) is 4.47. The fraction of sp³-hybridized carbons (Fsp3) is 0.308. The number of aromatic nitrogens is 6. The van der Waals surface area contributed by atoms with Gasteiger partial charge in [0.15, 0.2) is 0 Å². The second kappa shape index (κ2) is 5.09. The first-order chi connectivity index (χ1) is 9.81. The highest BCUT2D eigenvalue weighted by molar-refractivity contribution is 5.89. The van der Waals surface area contributed by atoms with Crippen molar-refractivity contribution >= 4 is 11.0 Å².